The van der Waals surface area contributed by atoms with E-state index in [-0.39, 0.29) is 5.56 Å². The van der Waals surface area contributed by atoms with Gasteiger partial charge in [-0.1, -0.05) is 35.3 Å². The number of pyridine rings is 1. The van der Waals surface area contributed by atoms with Gasteiger partial charge in [0.15, 0.2) is 0 Å². The molecule has 0 atom stereocenters. The lowest BCUT2D eigenvalue weighted by Crippen LogP contribution is -2.13. The fourth-order valence-corrected chi connectivity index (χ4v) is 2.48. The molecule has 0 unspecified atom stereocenters. The van der Waals surface area contributed by atoms with Gasteiger partial charge in [-0.2, -0.15) is 0 Å². The molecule has 0 aliphatic carbocycles. The van der Waals surface area contributed by atoms with Crippen molar-refractivity contribution < 1.29 is 9.18 Å². The van der Waals surface area contributed by atoms with Crippen LogP contribution in [-0.4, -0.2) is 10.9 Å². The molecule has 25 heavy (non-hydrogen) atoms. The standard InChI is InChI=1S/C18H12Cl2FN3O/c19-12-5-6-14(20)17(8-12)24-18(25)11-7-13(10-22-9-11)23-16-4-2-1-3-15(16)21/h1-10,23H,(H,24,25). The van der Waals surface area contributed by atoms with Gasteiger partial charge in [0.05, 0.1) is 33.8 Å². The Labute approximate surface area is 153 Å². The van der Waals surface area contributed by atoms with Crippen LogP contribution in [0.5, 0.6) is 0 Å². The molecular formula is C18H12Cl2FN3O. The van der Waals surface area contributed by atoms with Crippen molar-refractivity contribution in [2.75, 3.05) is 10.6 Å². The molecule has 0 saturated carbocycles. The van der Waals surface area contributed by atoms with Gasteiger partial charge >= 0.3 is 0 Å². The molecule has 2 aromatic carbocycles. The Bertz CT molecular complexity index is 934. The molecule has 0 aliphatic heterocycles. The van der Waals surface area contributed by atoms with E-state index in [1.807, 2.05) is 0 Å². The highest BCUT2D eigenvalue weighted by atomic mass is 35.5. The fraction of sp³-hybridized carbons (Fsp3) is 0. The Balaban J connectivity index is 1.80. The highest BCUT2D eigenvalue weighted by Crippen LogP contribution is 2.26. The molecule has 0 bridgehead atoms. The van der Waals surface area contributed by atoms with Gasteiger partial charge < -0.3 is 10.6 Å². The van der Waals surface area contributed by atoms with E-state index < -0.39 is 11.7 Å². The van der Waals surface area contributed by atoms with E-state index in [9.17, 15) is 9.18 Å². The quantitative estimate of drug-likeness (QED) is 0.630. The van der Waals surface area contributed by atoms with Crippen LogP contribution in [0, 0.1) is 5.82 Å². The number of nitrogens with one attached hydrogen (secondary N) is 2. The van der Waals surface area contributed by atoms with E-state index in [2.05, 4.69) is 15.6 Å². The highest BCUT2D eigenvalue weighted by Gasteiger charge is 2.11. The molecule has 3 rings (SSSR count). The van der Waals surface area contributed by atoms with Crippen molar-refractivity contribution in [1.29, 1.82) is 0 Å². The van der Waals surface area contributed by atoms with E-state index in [1.54, 1.807) is 42.5 Å². The molecular weight excluding hydrogens is 364 g/mol. The molecule has 3 aromatic rings. The van der Waals surface area contributed by atoms with E-state index in [1.165, 1.54) is 18.5 Å². The van der Waals surface area contributed by atoms with Crippen LogP contribution in [0.1, 0.15) is 10.4 Å². The van der Waals surface area contributed by atoms with Gasteiger partial charge in [-0.05, 0) is 36.4 Å². The Morgan fingerprint density at radius 3 is 2.60 bits per heavy atom. The third-order valence-corrected chi connectivity index (χ3v) is 3.89. The Morgan fingerprint density at radius 1 is 1.00 bits per heavy atom. The topological polar surface area (TPSA) is 54.0 Å². The van der Waals surface area contributed by atoms with E-state index in [0.717, 1.165) is 0 Å². The van der Waals surface area contributed by atoms with E-state index in [4.69, 9.17) is 23.2 Å². The van der Waals surface area contributed by atoms with Gasteiger partial charge in [-0.15, -0.1) is 0 Å². The first-order valence-corrected chi connectivity index (χ1v) is 8.01. The number of carbonyl (C=O) groups excluding carboxylic acids is 1. The molecule has 1 aromatic heterocycles. The zero-order chi connectivity index (χ0) is 17.8. The van der Waals surface area contributed by atoms with Crippen molar-refractivity contribution >= 4 is 46.2 Å². The third kappa shape index (κ3) is 4.26. The van der Waals surface area contributed by atoms with Gasteiger partial charge in [0.2, 0.25) is 0 Å². The van der Waals surface area contributed by atoms with Gasteiger partial charge in [0, 0.05) is 11.2 Å². The first-order valence-electron chi connectivity index (χ1n) is 7.26. The van der Waals surface area contributed by atoms with Crippen LogP contribution in [0.3, 0.4) is 0 Å². The summed E-state index contributed by atoms with van der Waals surface area (Å²) in [5.41, 5.74) is 1.46. The summed E-state index contributed by atoms with van der Waals surface area (Å²) in [6.07, 6.45) is 2.90. The number of hydrogen-bond acceptors (Lipinski definition) is 3. The van der Waals surface area contributed by atoms with Gasteiger partial charge in [0.25, 0.3) is 5.91 Å². The number of benzene rings is 2. The summed E-state index contributed by atoms with van der Waals surface area (Å²) in [6.45, 7) is 0. The lowest BCUT2D eigenvalue weighted by Gasteiger charge is -2.10. The molecule has 0 fully saturated rings. The number of hydrogen-bond donors (Lipinski definition) is 2. The normalized spacial score (nSPS) is 10.4. The summed E-state index contributed by atoms with van der Waals surface area (Å²) in [6, 6.07) is 12.6. The number of halogens is 3. The second-order valence-electron chi connectivity index (χ2n) is 5.15. The van der Waals surface area contributed by atoms with Crippen LogP contribution in [0.15, 0.2) is 60.9 Å². The third-order valence-electron chi connectivity index (χ3n) is 3.33. The predicted molar refractivity (Wildman–Crippen MR) is 98.3 cm³/mol. The molecule has 126 valence electrons. The fourth-order valence-electron chi connectivity index (χ4n) is 2.14. The molecule has 1 amide bonds. The first-order chi connectivity index (χ1) is 12.0. The number of amides is 1. The zero-order valence-corrected chi connectivity index (χ0v) is 14.3. The van der Waals surface area contributed by atoms with Crippen LogP contribution in [0.25, 0.3) is 0 Å². The number of para-hydroxylation sites is 1. The SMILES string of the molecule is O=C(Nc1cc(Cl)ccc1Cl)c1cncc(Nc2ccccc2F)c1. The molecule has 1 heterocycles. The molecule has 2 N–H and O–H groups in total. The number of rotatable bonds is 4. The van der Waals surface area contributed by atoms with Crippen LogP contribution in [0.4, 0.5) is 21.5 Å². The minimum absolute atomic E-state index is 0.289. The summed E-state index contributed by atoms with van der Waals surface area (Å²) < 4.78 is 13.7. The number of anilines is 3. The van der Waals surface area contributed by atoms with Crippen LogP contribution < -0.4 is 10.6 Å². The number of nitrogens with zero attached hydrogens (tertiary/aromatic N) is 1. The van der Waals surface area contributed by atoms with E-state index >= 15 is 0 Å². The molecule has 0 saturated heterocycles. The van der Waals surface area contributed by atoms with E-state index in [0.29, 0.717) is 27.1 Å². The summed E-state index contributed by atoms with van der Waals surface area (Å²) in [5.74, 6) is -0.808. The largest absolute Gasteiger partial charge is 0.352 e. The van der Waals surface area contributed by atoms with Gasteiger partial charge in [0.1, 0.15) is 5.82 Å². The average molecular weight is 376 g/mol. The van der Waals surface area contributed by atoms with Crippen molar-refractivity contribution in [3.05, 3.63) is 82.4 Å². The average Bonchev–Trinajstić information content (AvgIpc) is 2.60. The van der Waals surface area contributed by atoms with Crippen LogP contribution >= 0.6 is 23.2 Å². The maximum atomic E-state index is 13.7. The second-order valence-corrected chi connectivity index (χ2v) is 5.99. The maximum absolute atomic E-state index is 13.7. The summed E-state index contributed by atoms with van der Waals surface area (Å²) in [5, 5.41) is 6.38. The molecule has 0 spiro atoms. The predicted octanol–water partition coefficient (Wildman–Crippen LogP) is 5.52. The van der Waals surface area contributed by atoms with Crippen molar-refractivity contribution in [3.8, 4) is 0 Å². The summed E-state index contributed by atoms with van der Waals surface area (Å²) in [4.78, 5) is 16.4. The Hall–Kier alpha value is -2.63. The van der Waals surface area contributed by atoms with Crippen LogP contribution in [0.2, 0.25) is 10.0 Å². The summed E-state index contributed by atoms with van der Waals surface area (Å²) in [7, 11) is 0. The zero-order valence-electron chi connectivity index (χ0n) is 12.8. The molecule has 0 radical (unpaired) electrons. The highest BCUT2D eigenvalue weighted by molar-refractivity contribution is 6.35. The lowest BCUT2D eigenvalue weighted by molar-refractivity contribution is 0.102. The number of aromatic nitrogens is 1. The lowest BCUT2D eigenvalue weighted by atomic mass is 10.2. The Morgan fingerprint density at radius 2 is 1.80 bits per heavy atom. The second kappa shape index (κ2) is 7.51. The smallest absolute Gasteiger partial charge is 0.257 e. The molecule has 0 aliphatic rings. The monoisotopic (exact) mass is 375 g/mol. The first kappa shape index (κ1) is 17.2. The van der Waals surface area contributed by atoms with Crippen molar-refractivity contribution in [2.45, 2.75) is 0 Å². The Kier molecular flexibility index (Phi) is 5.16. The van der Waals surface area contributed by atoms with Crippen molar-refractivity contribution in [3.63, 3.8) is 0 Å². The summed E-state index contributed by atoms with van der Waals surface area (Å²) >= 11 is 11.9. The number of carbonyl (C=O) groups is 1. The maximum Gasteiger partial charge on any atom is 0.257 e. The molecule has 7 heteroatoms. The van der Waals surface area contributed by atoms with Gasteiger partial charge in [-0.3, -0.25) is 9.78 Å². The minimum Gasteiger partial charge on any atom is -0.352 e. The van der Waals surface area contributed by atoms with Crippen molar-refractivity contribution in [1.82, 2.24) is 4.98 Å². The van der Waals surface area contributed by atoms with Gasteiger partial charge in [-0.25, -0.2) is 4.39 Å². The molecule has 4 nitrogen and oxygen atoms in total. The minimum atomic E-state index is -0.408. The van der Waals surface area contributed by atoms with Crippen LogP contribution in [-0.2, 0) is 0 Å². The van der Waals surface area contributed by atoms with Crippen molar-refractivity contribution in [2.24, 2.45) is 0 Å².